The second-order valence-electron chi connectivity index (χ2n) is 4.96. The number of aromatic nitrogens is 1. The lowest BCUT2D eigenvalue weighted by molar-refractivity contribution is 0.587. The molecule has 2 rings (SSSR count). The predicted octanol–water partition coefficient (Wildman–Crippen LogP) is 5.00. The molecule has 0 spiro atoms. The summed E-state index contributed by atoms with van der Waals surface area (Å²) in [6, 6.07) is 4.85. The molecule has 1 atom stereocenters. The van der Waals surface area contributed by atoms with Crippen LogP contribution in [0.3, 0.4) is 0 Å². The highest BCUT2D eigenvalue weighted by molar-refractivity contribution is 9.10. The average molecular weight is 371 g/mol. The molecule has 0 bridgehead atoms. The minimum atomic E-state index is -0.232. The van der Waals surface area contributed by atoms with Crippen LogP contribution in [-0.2, 0) is 6.42 Å². The van der Waals surface area contributed by atoms with E-state index in [1.807, 2.05) is 6.07 Å². The minimum Gasteiger partial charge on any atom is -0.304 e. The molecule has 21 heavy (non-hydrogen) atoms. The summed E-state index contributed by atoms with van der Waals surface area (Å²) in [5, 5.41) is 4.57. The Labute approximate surface area is 137 Å². The van der Waals surface area contributed by atoms with Gasteiger partial charge in [0.1, 0.15) is 10.8 Å². The molecule has 0 aliphatic carbocycles. The van der Waals surface area contributed by atoms with Gasteiger partial charge in [-0.1, -0.05) is 35.8 Å². The number of benzene rings is 1. The summed E-state index contributed by atoms with van der Waals surface area (Å²) in [5.41, 5.74) is 2.18. The van der Waals surface area contributed by atoms with Crippen LogP contribution < -0.4 is 5.32 Å². The van der Waals surface area contributed by atoms with Crippen molar-refractivity contribution < 1.29 is 4.39 Å². The monoisotopic (exact) mass is 370 g/mol. The van der Waals surface area contributed by atoms with Crippen molar-refractivity contribution in [2.75, 3.05) is 6.54 Å². The number of nitrogens with zero attached hydrogens (tertiary/aromatic N) is 1. The number of thiazole rings is 1. The molecule has 0 amide bonds. The fourth-order valence-corrected chi connectivity index (χ4v) is 3.94. The van der Waals surface area contributed by atoms with Crippen molar-refractivity contribution in [3.63, 3.8) is 0 Å². The molecule has 0 aliphatic heterocycles. The molecule has 1 aromatic carbocycles. The van der Waals surface area contributed by atoms with E-state index in [-0.39, 0.29) is 11.9 Å². The van der Waals surface area contributed by atoms with Gasteiger partial charge in [-0.25, -0.2) is 9.37 Å². The van der Waals surface area contributed by atoms with Crippen LogP contribution in [0.1, 0.15) is 47.5 Å². The van der Waals surface area contributed by atoms with Gasteiger partial charge in [-0.3, -0.25) is 0 Å². The molecule has 0 fully saturated rings. The Morgan fingerprint density at radius 2 is 2.14 bits per heavy atom. The van der Waals surface area contributed by atoms with E-state index >= 15 is 0 Å². The summed E-state index contributed by atoms with van der Waals surface area (Å²) in [6.07, 6.45) is 1.98. The van der Waals surface area contributed by atoms with Crippen molar-refractivity contribution in [3.05, 3.63) is 49.6 Å². The van der Waals surface area contributed by atoms with Crippen LogP contribution in [-0.4, -0.2) is 11.5 Å². The molecule has 2 nitrogen and oxygen atoms in total. The van der Waals surface area contributed by atoms with Crippen LogP contribution in [0.2, 0.25) is 0 Å². The van der Waals surface area contributed by atoms with Crippen LogP contribution in [0.15, 0.2) is 22.7 Å². The van der Waals surface area contributed by atoms with Crippen molar-refractivity contribution in [1.82, 2.24) is 10.3 Å². The van der Waals surface area contributed by atoms with Gasteiger partial charge in [-0.05, 0) is 44.0 Å². The summed E-state index contributed by atoms with van der Waals surface area (Å²) in [4.78, 5) is 6.02. The highest BCUT2D eigenvalue weighted by Crippen LogP contribution is 2.32. The number of rotatable bonds is 6. The number of hydrogen-bond acceptors (Lipinski definition) is 3. The Morgan fingerprint density at radius 1 is 1.38 bits per heavy atom. The second-order valence-corrected chi connectivity index (χ2v) is 7.05. The summed E-state index contributed by atoms with van der Waals surface area (Å²) in [6.45, 7) is 7.26. The van der Waals surface area contributed by atoms with Gasteiger partial charge < -0.3 is 5.32 Å². The van der Waals surface area contributed by atoms with E-state index < -0.39 is 0 Å². The van der Waals surface area contributed by atoms with Gasteiger partial charge in [-0.15, -0.1) is 11.3 Å². The molecule has 5 heteroatoms. The third-order valence-electron chi connectivity index (χ3n) is 3.36. The van der Waals surface area contributed by atoms with E-state index in [4.69, 9.17) is 4.98 Å². The van der Waals surface area contributed by atoms with E-state index in [0.717, 1.165) is 40.1 Å². The van der Waals surface area contributed by atoms with Gasteiger partial charge in [0.15, 0.2) is 0 Å². The topological polar surface area (TPSA) is 24.9 Å². The van der Waals surface area contributed by atoms with Gasteiger partial charge in [0.05, 0.1) is 11.7 Å². The fourth-order valence-electron chi connectivity index (χ4n) is 2.26. The zero-order valence-electron chi connectivity index (χ0n) is 12.5. The molecule has 1 N–H and O–H groups in total. The first-order chi connectivity index (χ1) is 10.1. The Morgan fingerprint density at radius 3 is 2.71 bits per heavy atom. The Kier molecular flexibility index (Phi) is 5.90. The molecule has 1 aromatic heterocycles. The van der Waals surface area contributed by atoms with Crippen LogP contribution in [0.4, 0.5) is 4.39 Å². The first-order valence-corrected chi connectivity index (χ1v) is 8.82. The maximum absolute atomic E-state index is 13.3. The van der Waals surface area contributed by atoms with E-state index in [1.54, 1.807) is 11.3 Å². The standard InChI is InChI=1S/C16H20BrFN2S/c1-4-8-19-15(12-7-6-11(18)9-13(12)17)16-20-14(5-2)10(3)21-16/h6-7,9,15,19H,4-5,8H2,1-3H3. The highest BCUT2D eigenvalue weighted by Gasteiger charge is 2.21. The van der Waals surface area contributed by atoms with Crippen LogP contribution in [0, 0.1) is 12.7 Å². The lowest BCUT2D eigenvalue weighted by atomic mass is 10.1. The summed E-state index contributed by atoms with van der Waals surface area (Å²) >= 11 is 5.19. The molecule has 0 radical (unpaired) electrons. The van der Waals surface area contributed by atoms with Crippen molar-refractivity contribution in [1.29, 1.82) is 0 Å². The Hall–Kier alpha value is -0.780. The molecular weight excluding hydrogens is 351 g/mol. The SMILES string of the molecule is CCCNC(c1nc(CC)c(C)s1)c1ccc(F)cc1Br. The molecule has 1 heterocycles. The minimum absolute atomic E-state index is 0.00363. The fraction of sp³-hybridized carbons (Fsp3) is 0.438. The smallest absolute Gasteiger partial charge is 0.124 e. The third kappa shape index (κ3) is 3.90. The maximum atomic E-state index is 13.3. The first kappa shape index (κ1) is 16.6. The van der Waals surface area contributed by atoms with Crippen molar-refractivity contribution in [3.8, 4) is 0 Å². The van der Waals surface area contributed by atoms with Crippen LogP contribution in [0.5, 0.6) is 0 Å². The van der Waals surface area contributed by atoms with E-state index in [0.29, 0.717) is 0 Å². The van der Waals surface area contributed by atoms with E-state index in [2.05, 4.69) is 42.0 Å². The summed E-state index contributed by atoms with van der Waals surface area (Å²) in [7, 11) is 0. The summed E-state index contributed by atoms with van der Waals surface area (Å²) < 4.78 is 14.1. The third-order valence-corrected chi connectivity index (χ3v) is 5.13. The second kappa shape index (κ2) is 7.47. The Bertz CT molecular complexity index is 612. The number of hydrogen-bond donors (Lipinski definition) is 1. The van der Waals surface area contributed by atoms with Gasteiger partial charge in [-0.2, -0.15) is 0 Å². The van der Waals surface area contributed by atoms with Crippen molar-refractivity contribution >= 4 is 27.3 Å². The number of aryl methyl sites for hydroxylation is 2. The highest BCUT2D eigenvalue weighted by atomic mass is 79.9. The van der Waals surface area contributed by atoms with Crippen molar-refractivity contribution in [2.45, 2.75) is 39.7 Å². The largest absolute Gasteiger partial charge is 0.304 e. The summed E-state index contributed by atoms with van der Waals surface area (Å²) in [5.74, 6) is -0.232. The molecule has 0 saturated carbocycles. The first-order valence-electron chi connectivity index (χ1n) is 7.21. The zero-order chi connectivity index (χ0) is 15.4. The molecule has 114 valence electrons. The molecule has 2 aromatic rings. The number of nitrogens with one attached hydrogen (secondary N) is 1. The lowest BCUT2D eigenvalue weighted by Gasteiger charge is -2.18. The van der Waals surface area contributed by atoms with Gasteiger partial charge in [0.2, 0.25) is 0 Å². The van der Waals surface area contributed by atoms with E-state index in [1.165, 1.54) is 17.0 Å². The normalized spacial score (nSPS) is 12.6. The average Bonchev–Trinajstić information content (AvgIpc) is 2.82. The molecule has 0 aliphatic rings. The maximum Gasteiger partial charge on any atom is 0.124 e. The Balaban J connectivity index is 2.41. The quantitative estimate of drug-likeness (QED) is 0.773. The van der Waals surface area contributed by atoms with Crippen molar-refractivity contribution in [2.24, 2.45) is 0 Å². The molecule has 0 saturated heterocycles. The molecule has 1 unspecified atom stereocenters. The lowest BCUT2D eigenvalue weighted by Crippen LogP contribution is -2.23. The van der Waals surface area contributed by atoms with E-state index in [9.17, 15) is 4.39 Å². The van der Waals surface area contributed by atoms with Crippen LogP contribution >= 0.6 is 27.3 Å². The number of halogens is 2. The zero-order valence-corrected chi connectivity index (χ0v) is 14.9. The van der Waals surface area contributed by atoms with Crippen LogP contribution in [0.25, 0.3) is 0 Å². The van der Waals surface area contributed by atoms with Gasteiger partial charge in [0.25, 0.3) is 0 Å². The van der Waals surface area contributed by atoms with Gasteiger partial charge >= 0.3 is 0 Å². The van der Waals surface area contributed by atoms with Gasteiger partial charge in [0, 0.05) is 9.35 Å². The predicted molar refractivity (Wildman–Crippen MR) is 90.5 cm³/mol. The molecular formula is C16H20BrFN2S.